The van der Waals surface area contributed by atoms with Gasteiger partial charge in [0.25, 0.3) is 0 Å². The Balaban J connectivity index is 2.97. The van der Waals surface area contributed by atoms with E-state index in [0.717, 1.165) is 0 Å². The largest absolute Gasteiger partial charge is 0.394 e. The number of hydrogen-bond donors (Lipinski definition) is 3. The van der Waals surface area contributed by atoms with Crippen LogP contribution in [0.1, 0.15) is 20.8 Å². The van der Waals surface area contributed by atoms with Gasteiger partial charge in [0.05, 0.1) is 31.0 Å². The van der Waals surface area contributed by atoms with E-state index >= 15 is 0 Å². The van der Waals surface area contributed by atoms with Crippen LogP contribution in [-0.4, -0.2) is 52.4 Å². The Morgan fingerprint density at radius 2 is 1.88 bits per heavy atom. The highest BCUT2D eigenvalue weighted by Crippen LogP contribution is 2.33. The van der Waals surface area contributed by atoms with Crippen LogP contribution >= 0.6 is 0 Å². The molecule has 0 aromatic rings. The molecule has 0 amide bonds. The first kappa shape index (κ1) is 14.2. The molecule has 0 aromatic heterocycles. The maximum atomic E-state index is 9.94. The Bertz CT molecular complexity index is 309. The lowest BCUT2D eigenvalue weighted by Gasteiger charge is -2.45. The highest BCUT2D eigenvalue weighted by atomic mass is 16.5. The van der Waals surface area contributed by atoms with Gasteiger partial charge in [0.15, 0.2) is 0 Å². The van der Waals surface area contributed by atoms with Crippen molar-refractivity contribution in [3.63, 3.8) is 0 Å². The second kappa shape index (κ2) is 5.20. The number of azide groups is 1. The molecule has 0 aliphatic carbocycles. The second-order valence-electron chi connectivity index (χ2n) is 5.32. The molecule has 17 heavy (non-hydrogen) atoms. The van der Waals surface area contributed by atoms with Gasteiger partial charge in [0, 0.05) is 4.91 Å². The van der Waals surface area contributed by atoms with Gasteiger partial charge in [-0.15, -0.1) is 0 Å². The van der Waals surface area contributed by atoms with Gasteiger partial charge < -0.3 is 20.1 Å². The molecule has 7 heteroatoms. The summed E-state index contributed by atoms with van der Waals surface area (Å²) in [5, 5.41) is 32.4. The second-order valence-corrected chi connectivity index (χ2v) is 5.32. The Morgan fingerprint density at radius 1 is 1.29 bits per heavy atom. The lowest BCUT2D eigenvalue weighted by atomic mass is 9.80. The fraction of sp³-hybridized carbons (Fsp3) is 1.00. The van der Waals surface area contributed by atoms with Gasteiger partial charge in [-0.25, -0.2) is 0 Å². The summed E-state index contributed by atoms with van der Waals surface area (Å²) >= 11 is 0. The molecular weight excluding hydrogens is 226 g/mol. The highest BCUT2D eigenvalue weighted by molar-refractivity contribution is 4.99. The smallest absolute Gasteiger partial charge is 0.107 e. The quantitative estimate of drug-likeness (QED) is 0.365. The van der Waals surface area contributed by atoms with Crippen LogP contribution in [0.2, 0.25) is 0 Å². The predicted octanol–water partition coefficient (Wildman–Crippen LogP) is 0.193. The van der Waals surface area contributed by atoms with Gasteiger partial charge in [-0.3, -0.25) is 0 Å². The van der Waals surface area contributed by atoms with Crippen molar-refractivity contribution >= 4 is 0 Å². The van der Waals surface area contributed by atoms with E-state index in [0.29, 0.717) is 0 Å². The van der Waals surface area contributed by atoms with Crippen molar-refractivity contribution in [2.75, 3.05) is 6.61 Å². The molecule has 3 N–H and O–H groups in total. The number of aliphatic hydroxyl groups excluding tert-OH is 3. The van der Waals surface area contributed by atoms with Crippen molar-refractivity contribution in [3.8, 4) is 0 Å². The van der Waals surface area contributed by atoms with Gasteiger partial charge in [-0.1, -0.05) is 25.9 Å². The van der Waals surface area contributed by atoms with Crippen LogP contribution in [0.15, 0.2) is 5.11 Å². The molecule has 1 heterocycles. The molecule has 0 saturated carbocycles. The van der Waals surface area contributed by atoms with E-state index in [1.165, 1.54) is 0 Å². The van der Waals surface area contributed by atoms with Crippen LogP contribution in [0, 0.1) is 5.41 Å². The summed E-state index contributed by atoms with van der Waals surface area (Å²) in [6, 6.07) is -0.974. The Hall–Kier alpha value is -0.850. The molecule has 0 radical (unpaired) electrons. The Morgan fingerprint density at radius 3 is 2.29 bits per heavy atom. The minimum absolute atomic E-state index is 0.375. The molecule has 1 aliphatic rings. The normalized spacial score (nSPS) is 38.6. The standard InChI is InChI=1S/C10H19N3O4/c1-10(2,3)9-8(16)7(15)6(12-13-11)5(4-14)17-9/h5-9,14-16H,4H2,1-3H3/t5-,6-,7+,8-,9-/m1/s1. The molecule has 1 fully saturated rings. The maximum Gasteiger partial charge on any atom is 0.107 e. The molecule has 5 atom stereocenters. The monoisotopic (exact) mass is 245 g/mol. The van der Waals surface area contributed by atoms with Gasteiger partial charge in [0.2, 0.25) is 0 Å². The zero-order valence-electron chi connectivity index (χ0n) is 10.2. The van der Waals surface area contributed by atoms with Crippen LogP contribution in [0.25, 0.3) is 10.4 Å². The van der Waals surface area contributed by atoms with Crippen LogP contribution in [-0.2, 0) is 4.74 Å². The molecule has 0 spiro atoms. The van der Waals surface area contributed by atoms with Crippen molar-refractivity contribution in [1.82, 2.24) is 0 Å². The summed E-state index contributed by atoms with van der Waals surface area (Å²) in [5.41, 5.74) is 8.00. The van der Waals surface area contributed by atoms with E-state index in [1.807, 2.05) is 20.8 Å². The zero-order chi connectivity index (χ0) is 13.2. The average Bonchev–Trinajstić information content (AvgIpc) is 2.23. The van der Waals surface area contributed by atoms with Gasteiger partial charge in [-0.2, -0.15) is 0 Å². The lowest BCUT2D eigenvalue weighted by Crippen LogP contribution is -2.60. The van der Waals surface area contributed by atoms with Crippen LogP contribution in [0.5, 0.6) is 0 Å². The van der Waals surface area contributed by atoms with Gasteiger partial charge >= 0.3 is 0 Å². The summed E-state index contributed by atoms with van der Waals surface area (Å²) in [4.78, 5) is 2.59. The van der Waals surface area contributed by atoms with E-state index in [4.69, 9.17) is 10.3 Å². The minimum Gasteiger partial charge on any atom is -0.394 e. The fourth-order valence-corrected chi connectivity index (χ4v) is 2.02. The first-order valence-corrected chi connectivity index (χ1v) is 5.49. The van der Waals surface area contributed by atoms with E-state index in [-0.39, 0.29) is 6.61 Å². The summed E-state index contributed by atoms with van der Waals surface area (Å²) in [6.45, 7) is 5.20. The van der Waals surface area contributed by atoms with E-state index in [2.05, 4.69) is 10.0 Å². The molecule has 1 saturated heterocycles. The summed E-state index contributed by atoms with van der Waals surface area (Å²) < 4.78 is 5.52. The zero-order valence-corrected chi connectivity index (χ0v) is 10.2. The number of nitrogens with zero attached hydrogens (tertiary/aromatic N) is 3. The Kier molecular flexibility index (Phi) is 4.35. The minimum atomic E-state index is -1.24. The van der Waals surface area contributed by atoms with Crippen molar-refractivity contribution in [1.29, 1.82) is 0 Å². The van der Waals surface area contributed by atoms with Crippen LogP contribution < -0.4 is 0 Å². The first-order valence-electron chi connectivity index (χ1n) is 5.49. The molecule has 1 rings (SSSR count). The van der Waals surface area contributed by atoms with Gasteiger partial charge in [-0.05, 0) is 10.9 Å². The molecular formula is C10H19N3O4. The number of aliphatic hydroxyl groups is 3. The number of rotatable bonds is 2. The van der Waals surface area contributed by atoms with Crippen molar-refractivity contribution in [3.05, 3.63) is 10.4 Å². The summed E-state index contributed by atoms with van der Waals surface area (Å²) in [6.07, 6.45) is -3.80. The molecule has 0 bridgehead atoms. The predicted molar refractivity (Wildman–Crippen MR) is 60.1 cm³/mol. The molecule has 7 nitrogen and oxygen atoms in total. The molecule has 1 aliphatic heterocycles. The average molecular weight is 245 g/mol. The number of ether oxygens (including phenoxy) is 1. The highest BCUT2D eigenvalue weighted by Gasteiger charge is 2.47. The lowest BCUT2D eigenvalue weighted by molar-refractivity contribution is -0.214. The third-order valence-corrected chi connectivity index (χ3v) is 2.93. The third-order valence-electron chi connectivity index (χ3n) is 2.93. The van der Waals surface area contributed by atoms with Gasteiger partial charge in [0.1, 0.15) is 6.10 Å². The van der Waals surface area contributed by atoms with Crippen LogP contribution in [0.3, 0.4) is 0 Å². The van der Waals surface area contributed by atoms with Crippen LogP contribution in [0.4, 0.5) is 0 Å². The molecule has 0 unspecified atom stereocenters. The third kappa shape index (κ3) is 2.88. The summed E-state index contributed by atoms with van der Waals surface area (Å²) in [5.74, 6) is 0. The maximum absolute atomic E-state index is 9.94. The summed E-state index contributed by atoms with van der Waals surface area (Å²) in [7, 11) is 0. The van der Waals surface area contributed by atoms with Crippen molar-refractivity contribution in [2.24, 2.45) is 10.5 Å². The Labute approximate surface area is 99.6 Å². The van der Waals surface area contributed by atoms with E-state index in [1.54, 1.807) is 0 Å². The first-order chi connectivity index (χ1) is 7.82. The van der Waals surface area contributed by atoms with Crippen molar-refractivity contribution in [2.45, 2.75) is 51.2 Å². The topological polar surface area (TPSA) is 119 Å². The molecule has 0 aromatic carbocycles. The van der Waals surface area contributed by atoms with E-state index in [9.17, 15) is 15.3 Å². The van der Waals surface area contributed by atoms with Crippen molar-refractivity contribution < 1.29 is 20.1 Å². The molecule has 98 valence electrons. The number of hydrogen-bond acceptors (Lipinski definition) is 5. The SMILES string of the molecule is CC(C)(C)[C@@H]1O[C@H](CO)[C@@H](N=[N+]=[N-])[C@H](O)[C@H]1O. The fourth-order valence-electron chi connectivity index (χ4n) is 2.02. The van der Waals surface area contributed by atoms with E-state index < -0.39 is 35.9 Å².